The summed E-state index contributed by atoms with van der Waals surface area (Å²) in [5.41, 5.74) is 0.976. The molecule has 2 heterocycles. The van der Waals surface area contributed by atoms with Crippen LogP contribution in [0.3, 0.4) is 0 Å². The maximum atomic E-state index is 11.9. The van der Waals surface area contributed by atoms with Crippen molar-refractivity contribution in [2.45, 2.75) is 18.9 Å². The number of hydrazone groups is 1. The Kier molecular flexibility index (Phi) is 5.82. The molecule has 1 amide bonds. The highest BCUT2D eigenvalue weighted by Gasteiger charge is 2.30. The Morgan fingerprint density at radius 2 is 1.96 bits per heavy atom. The van der Waals surface area contributed by atoms with Crippen molar-refractivity contribution in [3.8, 4) is 0 Å². The van der Waals surface area contributed by atoms with E-state index in [0.717, 1.165) is 51.1 Å². The molecule has 2 aliphatic heterocycles. The first kappa shape index (κ1) is 16.9. The predicted octanol–water partition coefficient (Wildman–Crippen LogP) is 1.87. The molecule has 0 spiro atoms. The van der Waals surface area contributed by atoms with Crippen molar-refractivity contribution in [3.05, 3.63) is 35.9 Å². The van der Waals surface area contributed by atoms with Crippen molar-refractivity contribution in [2.75, 3.05) is 46.3 Å². The number of ether oxygens (including phenoxy) is 1. The molecule has 6 nitrogen and oxygen atoms in total. The van der Waals surface area contributed by atoms with Gasteiger partial charge in [0.2, 0.25) is 0 Å². The molecule has 1 unspecified atom stereocenters. The molecule has 0 radical (unpaired) electrons. The number of hydrogen-bond donors (Lipinski definition) is 0. The Bertz CT molecular complexity index is 555. The fourth-order valence-electron chi connectivity index (χ4n) is 3.04. The van der Waals surface area contributed by atoms with Gasteiger partial charge in [-0.1, -0.05) is 30.3 Å². The van der Waals surface area contributed by atoms with Gasteiger partial charge in [-0.25, -0.2) is 4.79 Å². The van der Waals surface area contributed by atoms with Crippen LogP contribution in [0, 0.1) is 0 Å². The molecular weight excluding hydrogens is 304 g/mol. The molecule has 130 valence electrons. The van der Waals surface area contributed by atoms with Crippen LogP contribution in [0.4, 0.5) is 4.79 Å². The van der Waals surface area contributed by atoms with Crippen molar-refractivity contribution in [1.29, 1.82) is 0 Å². The Morgan fingerprint density at radius 1 is 1.21 bits per heavy atom. The lowest BCUT2D eigenvalue weighted by Gasteiger charge is -2.32. The van der Waals surface area contributed by atoms with Gasteiger partial charge in [0, 0.05) is 26.2 Å². The first-order valence-corrected chi connectivity index (χ1v) is 8.69. The highest BCUT2D eigenvalue weighted by Crippen LogP contribution is 2.16. The van der Waals surface area contributed by atoms with Gasteiger partial charge in [0.1, 0.15) is 6.10 Å². The van der Waals surface area contributed by atoms with Crippen LogP contribution >= 0.6 is 0 Å². The molecule has 3 rings (SSSR count). The minimum atomic E-state index is -0.341. The summed E-state index contributed by atoms with van der Waals surface area (Å²) in [4.78, 5) is 16.7. The summed E-state index contributed by atoms with van der Waals surface area (Å²) < 4.78 is 5.42. The molecule has 2 fully saturated rings. The third-order valence-corrected chi connectivity index (χ3v) is 4.60. The monoisotopic (exact) mass is 330 g/mol. The summed E-state index contributed by atoms with van der Waals surface area (Å²) in [7, 11) is 2.17. The maximum Gasteiger partial charge on any atom is 0.430 e. The zero-order chi connectivity index (χ0) is 16.8. The summed E-state index contributed by atoms with van der Waals surface area (Å²) in [5.74, 6) is 0. The molecule has 1 atom stereocenters. The second-order valence-corrected chi connectivity index (χ2v) is 6.53. The predicted molar refractivity (Wildman–Crippen MR) is 94.2 cm³/mol. The average molecular weight is 330 g/mol. The van der Waals surface area contributed by atoms with Crippen molar-refractivity contribution in [1.82, 2.24) is 14.8 Å². The normalized spacial score (nSPS) is 23.1. The topological polar surface area (TPSA) is 48.4 Å². The first-order chi connectivity index (χ1) is 11.7. The Labute approximate surface area is 143 Å². The molecule has 0 saturated carbocycles. The van der Waals surface area contributed by atoms with Crippen molar-refractivity contribution >= 4 is 12.3 Å². The van der Waals surface area contributed by atoms with E-state index in [1.165, 1.54) is 5.01 Å². The smallest absolute Gasteiger partial charge is 0.430 e. The number of piperazine rings is 1. The number of carbonyl (C=O) groups excluding carboxylic acids is 1. The minimum absolute atomic E-state index is 0.0436. The van der Waals surface area contributed by atoms with Gasteiger partial charge >= 0.3 is 6.09 Å². The molecule has 2 saturated heterocycles. The molecule has 0 aliphatic carbocycles. The van der Waals surface area contributed by atoms with Crippen molar-refractivity contribution < 1.29 is 9.53 Å². The second kappa shape index (κ2) is 8.26. The van der Waals surface area contributed by atoms with E-state index in [1.54, 1.807) is 6.21 Å². The fourth-order valence-corrected chi connectivity index (χ4v) is 3.04. The second-order valence-electron chi connectivity index (χ2n) is 6.53. The van der Waals surface area contributed by atoms with Crippen molar-refractivity contribution in [3.63, 3.8) is 0 Å². The number of amides is 1. The Balaban J connectivity index is 1.39. The number of benzene rings is 1. The minimum Gasteiger partial charge on any atom is -0.443 e. The Hall–Kier alpha value is -1.92. The van der Waals surface area contributed by atoms with Crippen LogP contribution in [0.25, 0.3) is 0 Å². The standard InChI is InChI=1S/C18H26N4O2/c1-20-10-12-21(13-11-20)9-5-8-17-15-22(18(23)24-17)19-14-16-6-3-2-4-7-16/h2-4,6-7,14,17H,5,8-13,15H2,1H3/b19-14+. The molecule has 1 aromatic carbocycles. The van der Waals surface area contributed by atoms with E-state index in [4.69, 9.17) is 4.74 Å². The van der Waals surface area contributed by atoms with Gasteiger partial charge in [-0.2, -0.15) is 10.1 Å². The summed E-state index contributed by atoms with van der Waals surface area (Å²) in [6.45, 7) is 6.17. The van der Waals surface area contributed by atoms with Gasteiger partial charge in [0.25, 0.3) is 0 Å². The highest BCUT2D eigenvalue weighted by atomic mass is 16.6. The van der Waals surface area contributed by atoms with Gasteiger partial charge < -0.3 is 14.5 Å². The van der Waals surface area contributed by atoms with E-state index >= 15 is 0 Å². The third-order valence-electron chi connectivity index (χ3n) is 4.60. The SMILES string of the molecule is CN1CCN(CCCC2CN(/N=C/c3ccccc3)C(=O)O2)CC1. The summed E-state index contributed by atoms with van der Waals surface area (Å²) in [6, 6.07) is 9.77. The average Bonchev–Trinajstić information content (AvgIpc) is 2.95. The van der Waals surface area contributed by atoms with Gasteiger partial charge in [0.15, 0.2) is 0 Å². The number of cyclic esters (lactones) is 1. The maximum absolute atomic E-state index is 11.9. The summed E-state index contributed by atoms with van der Waals surface area (Å²) >= 11 is 0. The molecule has 2 aliphatic rings. The molecule has 1 aromatic rings. The van der Waals surface area contributed by atoms with E-state index in [9.17, 15) is 4.79 Å². The Morgan fingerprint density at radius 3 is 2.71 bits per heavy atom. The number of likely N-dealkylation sites (N-methyl/N-ethyl adjacent to an activating group) is 1. The van der Waals surface area contributed by atoms with Gasteiger partial charge in [-0.05, 0) is 32.0 Å². The lowest BCUT2D eigenvalue weighted by molar-refractivity contribution is 0.119. The number of carbonyl (C=O) groups is 1. The van der Waals surface area contributed by atoms with Gasteiger partial charge in [-0.15, -0.1) is 0 Å². The van der Waals surface area contributed by atoms with Gasteiger partial charge in [0.05, 0.1) is 12.8 Å². The number of rotatable bonds is 6. The molecule has 24 heavy (non-hydrogen) atoms. The number of hydrogen-bond acceptors (Lipinski definition) is 5. The zero-order valence-electron chi connectivity index (χ0n) is 14.3. The van der Waals surface area contributed by atoms with Crippen LogP contribution in [-0.4, -0.2) is 79.5 Å². The largest absolute Gasteiger partial charge is 0.443 e. The summed E-state index contributed by atoms with van der Waals surface area (Å²) in [6.07, 6.45) is 3.27. The van der Waals surface area contributed by atoms with Crippen molar-refractivity contribution in [2.24, 2.45) is 5.10 Å². The van der Waals surface area contributed by atoms with Crippen LogP contribution in [-0.2, 0) is 4.74 Å². The zero-order valence-corrected chi connectivity index (χ0v) is 14.3. The molecule has 6 heteroatoms. The van der Waals surface area contributed by atoms with E-state index in [2.05, 4.69) is 21.9 Å². The van der Waals surface area contributed by atoms with Gasteiger partial charge in [-0.3, -0.25) is 0 Å². The van der Waals surface area contributed by atoms with Crippen LogP contribution in [0.5, 0.6) is 0 Å². The fraction of sp³-hybridized carbons (Fsp3) is 0.556. The van der Waals surface area contributed by atoms with Crippen LogP contribution < -0.4 is 0 Å². The summed E-state index contributed by atoms with van der Waals surface area (Å²) in [5, 5.41) is 5.67. The number of nitrogens with zero attached hydrogens (tertiary/aromatic N) is 4. The van der Waals surface area contributed by atoms with E-state index in [-0.39, 0.29) is 12.2 Å². The van der Waals surface area contributed by atoms with E-state index in [1.807, 2.05) is 30.3 Å². The molecule has 0 bridgehead atoms. The molecule has 0 aromatic heterocycles. The molecular formula is C18H26N4O2. The first-order valence-electron chi connectivity index (χ1n) is 8.69. The lowest BCUT2D eigenvalue weighted by atomic mass is 10.2. The van der Waals surface area contributed by atoms with E-state index in [0.29, 0.717) is 6.54 Å². The van der Waals surface area contributed by atoms with Crippen LogP contribution in [0.1, 0.15) is 18.4 Å². The van der Waals surface area contributed by atoms with Crippen LogP contribution in [0.15, 0.2) is 35.4 Å². The molecule has 0 N–H and O–H groups in total. The quantitative estimate of drug-likeness (QED) is 0.747. The highest BCUT2D eigenvalue weighted by molar-refractivity contribution is 5.81. The van der Waals surface area contributed by atoms with E-state index < -0.39 is 0 Å². The lowest BCUT2D eigenvalue weighted by Crippen LogP contribution is -2.44. The third kappa shape index (κ3) is 4.79. The van der Waals surface area contributed by atoms with Crippen LogP contribution in [0.2, 0.25) is 0 Å².